The van der Waals surface area contributed by atoms with Crippen molar-refractivity contribution in [1.82, 2.24) is 0 Å². The average molecular weight is 499 g/mol. The fourth-order valence-corrected chi connectivity index (χ4v) is 4.55. The summed E-state index contributed by atoms with van der Waals surface area (Å²) >= 11 is 0. The quantitative estimate of drug-likeness (QED) is 0.408. The number of rotatable bonds is 7. The Morgan fingerprint density at radius 1 is 1.03 bits per heavy atom. The number of cyclic esters (lactones) is 1. The molecule has 0 radical (unpaired) electrons. The minimum Gasteiger partial charge on any atom is -0.508 e. The van der Waals surface area contributed by atoms with Crippen LogP contribution in [0.15, 0.2) is 54.6 Å². The third-order valence-electron chi connectivity index (χ3n) is 6.28. The lowest BCUT2D eigenvalue weighted by Crippen LogP contribution is -2.49. The van der Waals surface area contributed by atoms with Crippen LogP contribution in [0.25, 0.3) is 0 Å². The number of ether oxygens (including phenoxy) is 1. The molecule has 1 unspecified atom stereocenters. The topological polar surface area (TPSA) is 95.9 Å². The van der Waals surface area contributed by atoms with Crippen molar-refractivity contribution >= 4 is 17.6 Å². The molecule has 6 nitrogen and oxygen atoms in total. The molecule has 9 heteroatoms. The van der Waals surface area contributed by atoms with Gasteiger partial charge in [-0.15, -0.1) is 0 Å². The predicted molar refractivity (Wildman–Crippen MR) is 125 cm³/mol. The summed E-state index contributed by atoms with van der Waals surface area (Å²) in [5.74, 6) is -3.86. The maximum absolute atomic E-state index is 14.5. The van der Waals surface area contributed by atoms with E-state index in [4.69, 9.17) is 4.74 Å². The number of carbonyl (C=O) groups is 2. The lowest BCUT2D eigenvalue weighted by molar-refractivity contribution is -0.136. The van der Waals surface area contributed by atoms with Gasteiger partial charge < -0.3 is 20.3 Å². The fourth-order valence-electron chi connectivity index (χ4n) is 4.55. The Labute approximate surface area is 205 Å². The first kappa shape index (κ1) is 25.2. The van der Waals surface area contributed by atoms with Gasteiger partial charge in [-0.25, -0.2) is 18.0 Å². The largest absolute Gasteiger partial charge is 0.508 e. The number of halogens is 3. The lowest BCUT2D eigenvalue weighted by Gasteiger charge is -2.36. The van der Waals surface area contributed by atoms with Crippen LogP contribution in [0, 0.1) is 17.5 Å². The van der Waals surface area contributed by atoms with Gasteiger partial charge >= 0.3 is 5.97 Å². The molecular formula is C27H24F3NO5. The Morgan fingerprint density at radius 3 is 2.47 bits per heavy atom. The van der Waals surface area contributed by atoms with Gasteiger partial charge in [-0.1, -0.05) is 13.8 Å². The third-order valence-corrected chi connectivity index (χ3v) is 6.28. The Kier molecular flexibility index (Phi) is 6.53. The van der Waals surface area contributed by atoms with Gasteiger partial charge in [0.25, 0.3) is 5.91 Å². The zero-order valence-corrected chi connectivity index (χ0v) is 19.6. The molecular weight excluding hydrogens is 475 g/mol. The maximum atomic E-state index is 14.5. The van der Waals surface area contributed by atoms with Gasteiger partial charge in [-0.3, -0.25) is 4.79 Å². The summed E-state index contributed by atoms with van der Waals surface area (Å²) in [5, 5.41) is 24.5. The molecule has 0 bridgehead atoms. The number of amides is 1. The zero-order chi connectivity index (χ0) is 26.3. The number of benzene rings is 3. The van der Waals surface area contributed by atoms with Gasteiger partial charge in [-0.2, -0.15) is 0 Å². The summed E-state index contributed by atoms with van der Waals surface area (Å²) in [4.78, 5) is 25.1. The Bertz CT molecular complexity index is 1360. The highest BCUT2D eigenvalue weighted by molar-refractivity contribution is 5.99. The van der Waals surface area contributed by atoms with Crippen molar-refractivity contribution in [1.29, 1.82) is 0 Å². The first-order chi connectivity index (χ1) is 16.9. The zero-order valence-electron chi connectivity index (χ0n) is 19.6. The number of aliphatic hydroxyl groups is 1. The molecule has 0 saturated carbocycles. The molecule has 0 aromatic heterocycles. The minimum atomic E-state index is -2.32. The van der Waals surface area contributed by atoms with Crippen molar-refractivity contribution in [2.75, 3.05) is 5.32 Å². The molecule has 4 rings (SSSR count). The molecule has 1 atom stereocenters. The van der Waals surface area contributed by atoms with Crippen LogP contribution in [0.5, 0.6) is 5.75 Å². The minimum absolute atomic E-state index is 0.0303. The second-order valence-corrected chi connectivity index (χ2v) is 9.57. The van der Waals surface area contributed by atoms with Crippen molar-refractivity contribution in [2.24, 2.45) is 0 Å². The van der Waals surface area contributed by atoms with Crippen molar-refractivity contribution in [3.8, 4) is 5.75 Å². The van der Waals surface area contributed by atoms with Gasteiger partial charge in [-0.05, 0) is 72.0 Å². The molecule has 3 N–H and O–H groups in total. The highest BCUT2D eigenvalue weighted by Gasteiger charge is 2.43. The van der Waals surface area contributed by atoms with Crippen molar-refractivity contribution < 1.29 is 37.7 Å². The number of fused-ring (bicyclic) bond motifs is 1. The highest BCUT2D eigenvalue weighted by atomic mass is 19.1. The second-order valence-electron chi connectivity index (χ2n) is 9.57. The lowest BCUT2D eigenvalue weighted by atomic mass is 9.72. The summed E-state index contributed by atoms with van der Waals surface area (Å²) in [6.07, 6.45) is -0.986. The molecule has 3 aromatic carbocycles. The van der Waals surface area contributed by atoms with E-state index in [1.807, 2.05) is 0 Å². The highest BCUT2D eigenvalue weighted by Crippen LogP contribution is 2.39. The molecule has 188 valence electrons. The van der Waals surface area contributed by atoms with E-state index in [-0.39, 0.29) is 35.6 Å². The van der Waals surface area contributed by atoms with E-state index >= 15 is 0 Å². The first-order valence-electron chi connectivity index (χ1n) is 11.1. The van der Waals surface area contributed by atoms with Crippen LogP contribution in [0.1, 0.15) is 47.3 Å². The van der Waals surface area contributed by atoms with Gasteiger partial charge in [0, 0.05) is 23.2 Å². The molecule has 0 spiro atoms. The van der Waals surface area contributed by atoms with Crippen LogP contribution < -0.4 is 5.32 Å². The number of phenolic OH excluding ortho intramolecular Hbond substituents is 1. The van der Waals surface area contributed by atoms with Crippen LogP contribution >= 0.6 is 0 Å². The SMILES string of the molecule is CC(C)(CC(O)(Cc1cc(F)ccc1F)C(=O)Nc1ccc2c(c1)COC2=O)c1cc(F)ccc1O. The molecule has 1 heterocycles. The number of esters is 1. The van der Waals surface area contributed by atoms with Crippen LogP contribution in [0.2, 0.25) is 0 Å². The van der Waals surface area contributed by atoms with Gasteiger partial charge in [0.2, 0.25) is 0 Å². The van der Waals surface area contributed by atoms with E-state index in [0.29, 0.717) is 11.1 Å². The average Bonchev–Trinajstić information content (AvgIpc) is 3.17. The normalized spacial score (nSPS) is 14.7. The van der Waals surface area contributed by atoms with Crippen LogP contribution in [-0.4, -0.2) is 27.7 Å². The molecule has 36 heavy (non-hydrogen) atoms. The standard InChI is InChI=1S/C27H24F3NO5/c1-26(2,21-11-18(29)4-8-23(21)32)14-27(35,12-15-9-17(28)3-7-22(15)30)25(34)31-19-5-6-20-16(10-19)13-36-24(20)33/h3-11,32,35H,12-14H2,1-2H3,(H,31,34). The molecule has 1 amide bonds. The summed E-state index contributed by atoms with van der Waals surface area (Å²) in [6, 6.07) is 10.5. The second kappa shape index (κ2) is 9.31. The van der Waals surface area contributed by atoms with E-state index in [2.05, 4.69) is 5.32 Å². The number of carbonyl (C=O) groups excluding carboxylic acids is 2. The number of hydrogen-bond acceptors (Lipinski definition) is 5. The van der Waals surface area contributed by atoms with Crippen LogP contribution in [0.3, 0.4) is 0 Å². The Hall–Kier alpha value is -3.85. The molecule has 1 aliphatic rings. The van der Waals surface area contributed by atoms with Crippen molar-refractivity contribution in [3.05, 3.63) is 94.3 Å². The molecule has 3 aromatic rings. The first-order valence-corrected chi connectivity index (χ1v) is 11.1. The smallest absolute Gasteiger partial charge is 0.338 e. The monoisotopic (exact) mass is 499 g/mol. The van der Waals surface area contributed by atoms with E-state index in [0.717, 1.165) is 36.4 Å². The van der Waals surface area contributed by atoms with E-state index in [9.17, 15) is 33.0 Å². The van der Waals surface area contributed by atoms with E-state index in [1.54, 1.807) is 13.8 Å². The Balaban J connectivity index is 1.70. The Morgan fingerprint density at radius 2 is 1.72 bits per heavy atom. The van der Waals surface area contributed by atoms with Crippen molar-refractivity contribution in [2.45, 2.75) is 44.3 Å². The predicted octanol–water partition coefficient (Wildman–Crippen LogP) is 4.76. The van der Waals surface area contributed by atoms with Crippen molar-refractivity contribution in [3.63, 3.8) is 0 Å². The molecule has 0 saturated heterocycles. The number of anilines is 1. The van der Waals surface area contributed by atoms with Crippen LogP contribution in [-0.2, 0) is 28.0 Å². The summed E-state index contributed by atoms with van der Waals surface area (Å²) in [7, 11) is 0. The number of hydrogen-bond donors (Lipinski definition) is 3. The van der Waals surface area contributed by atoms with E-state index < -0.39 is 46.8 Å². The fraction of sp³-hybridized carbons (Fsp3) is 0.259. The van der Waals surface area contributed by atoms with Gasteiger partial charge in [0.05, 0.1) is 5.56 Å². The summed E-state index contributed by atoms with van der Waals surface area (Å²) in [6.45, 7) is 3.20. The number of nitrogens with one attached hydrogen (secondary N) is 1. The third kappa shape index (κ3) is 5.06. The van der Waals surface area contributed by atoms with E-state index in [1.165, 1.54) is 18.2 Å². The molecule has 1 aliphatic heterocycles. The van der Waals surface area contributed by atoms with Crippen LogP contribution in [0.4, 0.5) is 18.9 Å². The summed E-state index contributed by atoms with van der Waals surface area (Å²) in [5.41, 5.74) is -2.46. The van der Waals surface area contributed by atoms with Gasteiger partial charge in [0.1, 0.15) is 35.4 Å². The molecule has 0 fully saturated rings. The summed E-state index contributed by atoms with van der Waals surface area (Å²) < 4.78 is 47.3. The van der Waals surface area contributed by atoms with Gasteiger partial charge in [0.15, 0.2) is 0 Å². The maximum Gasteiger partial charge on any atom is 0.338 e. The number of aromatic hydroxyl groups is 1. The molecule has 0 aliphatic carbocycles. The number of phenols is 1.